The van der Waals surface area contributed by atoms with Gasteiger partial charge in [0.1, 0.15) is 4.34 Å². The molecule has 2 aromatic rings. The van der Waals surface area contributed by atoms with Gasteiger partial charge in [0.2, 0.25) is 0 Å². The predicted octanol–water partition coefficient (Wildman–Crippen LogP) is 6.06. The molecule has 1 N–H and O–H groups in total. The van der Waals surface area contributed by atoms with E-state index in [1.165, 1.54) is 9.75 Å². The van der Waals surface area contributed by atoms with Crippen LogP contribution in [0.25, 0.3) is 0 Å². The summed E-state index contributed by atoms with van der Waals surface area (Å²) >= 11 is 19.9. The fourth-order valence-corrected chi connectivity index (χ4v) is 5.60. The second kappa shape index (κ2) is 6.03. The van der Waals surface area contributed by atoms with Crippen LogP contribution in [0.15, 0.2) is 24.9 Å². The Balaban J connectivity index is 2.39. The van der Waals surface area contributed by atoms with Crippen LogP contribution in [0.2, 0.25) is 4.34 Å². The van der Waals surface area contributed by atoms with Gasteiger partial charge in [-0.05, 0) is 67.0 Å². The standard InChI is InChI=1S/C10H7Br3ClNS2/c1-15-8(6-2-4(11)9(13)16-6)7-3-5(12)10(14)17-7/h2-3,8,15H,1H3. The molecule has 0 radical (unpaired) electrons. The van der Waals surface area contributed by atoms with Gasteiger partial charge in [0, 0.05) is 18.7 Å². The summed E-state index contributed by atoms with van der Waals surface area (Å²) in [4.78, 5) is 2.45. The maximum atomic E-state index is 6.08. The van der Waals surface area contributed by atoms with Crippen LogP contribution in [-0.4, -0.2) is 7.05 Å². The molecule has 2 aromatic heterocycles. The highest BCUT2D eigenvalue weighted by Crippen LogP contribution is 2.41. The highest BCUT2D eigenvalue weighted by molar-refractivity contribution is 9.13. The molecule has 2 heterocycles. The number of halogens is 4. The predicted molar refractivity (Wildman–Crippen MR) is 87.7 cm³/mol. The molecule has 1 unspecified atom stereocenters. The Labute approximate surface area is 138 Å². The molecule has 0 amide bonds. The maximum absolute atomic E-state index is 6.08. The van der Waals surface area contributed by atoms with E-state index in [4.69, 9.17) is 11.6 Å². The third-order valence-electron chi connectivity index (χ3n) is 2.19. The first-order chi connectivity index (χ1) is 8.02. The van der Waals surface area contributed by atoms with Crippen molar-refractivity contribution >= 4 is 82.1 Å². The molecule has 2 rings (SSSR count). The molecule has 0 bridgehead atoms. The average molecular weight is 480 g/mol. The molecule has 0 saturated heterocycles. The van der Waals surface area contributed by atoms with Crippen LogP contribution in [-0.2, 0) is 0 Å². The minimum atomic E-state index is 0.177. The Morgan fingerprint density at radius 1 is 1.12 bits per heavy atom. The third-order valence-corrected chi connectivity index (χ3v) is 8.05. The number of nitrogens with one attached hydrogen (secondary N) is 1. The van der Waals surface area contributed by atoms with Crippen LogP contribution >= 0.6 is 82.1 Å². The maximum Gasteiger partial charge on any atom is 0.107 e. The van der Waals surface area contributed by atoms with Gasteiger partial charge in [-0.25, -0.2) is 0 Å². The van der Waals surface area contributed by atoms with Crippen molar-refractivity contribution in [3.05, 3.63) is 39.0 Å². The van der Waals surface area contributed by atoms with E-state index in [1.54, 1.807) is 22.7 Å². The van der Waals surface area contributed by atoms with Gasteiger partial charge in [-0.2, -0.15) is 0 Å². The summed E-state index contributed by atoms with van der Waals surface area (Å²) in [7, 11) is 1.95. The summed E-state index contributed by atoms with van der Waals surface area (Å²) in [6, 6.07) is 4.36. The SMILES string of the molecule is CNC(c1cc(Br)c(Cl)s1)c1cc(Br)c(Br)s1. The fraction of sp³-hybridized carbons (Fsp3) is 0.200. The molecule has 0 fully saturated rings. The number of hydrogen-bond acceptors (Lipinski definition) is 3. The largest absolute Gasteiger partial charge is 0.308 e. The second-order valence-corrected chi connectivity index (χ2v) is 9.06. The van der Waals surface area contributed by atoms with Crippen molar-refractivity contribution in [1.29, 1.82) is 0 Å². The zero-order chi connectivity index (χ0) is 12.6. The first-order valence-electron chi connectivity index (χ1n) is 4.59. The molecular weight excluding hydrogens is 473 g/mol. The molecule has 7 heteroatoms. The van der Waals surface area contributed by atoms with Crippen molar-refractivity contribution in [2.45, 2.75) is 6.04 Å². The quantitative estimate of drug-likeness (QED) is 0.563. The lowest BCUT2D eigenvalue weighted by atomic mass is 10.2. The molecule has 17 heavy (non-hydrogen) atoms. The second-order valence-electron chi connectivity index (χ2n) is 3.26. The van der Waals surface area contributed by atoms with Crippen molar-refractivity contribution in [2.24, 2.45) is 0 Å². The van der Waals surface area contributed by atoms with Crippen LogP contribution in [0, 0.1) is 0 Å². The lowest BCUT2D eigenvalue weighted by Gasteiger charge is -2.11. The van der Waals surface area contributed by atoms with E-state index in [0.717, 1.165) is 17.1 Å². The molecule has 0 saturated carbocycles. The molecule has 1 atom stereocenters. The van der Waals surface area contributed by atoms with Gasteiger partial charge in [0.15, 0.2) is 0 Å². The average Bonchev–Trinajstić information content (AvgIpc) is 2.75. The van der Waals surface area contributed by atoms with Crippen LogP contribution in [0.1, 0.15) is 15.8 Å². The fourth-order valence-electron chi connectivity index (χ4n) is 1.44. The minimum Gasteiger partial charge on any atom is -0.308 e. The monoisotopic (exact) mass is 477 g/mol. The van der Waals surface area contributed by atoms with Crippen LogP contribution in [0.3, 0.4) is 0 Å². The Kier molecular flexibility index (Phi) is 5.14. The summed E-state index contributed by atoms with van der Waals surface area (Å²) in [5.41, 5.74) is 0. The number of rotatable bonds is 3. The normalized spacial score (nSPS) is 13.0. The highest BCUT2D eigenvalue weighted by atomic mass is 79.9. The Morgan fingerprint density at radius 2 is 1.71 bits per heavy atom. The third kappa shape index (κ3) is 3.16. The first kappa shape index (κ1) is 14.5. The van der Waals surface area contributed by atoms with Gasteiger partial charge in [-0.3, -0.25) is 0 Å². The van der Waals surface area contributed by atoms with Crippen molar-refractivity contribution in [3.8, 4) is 0 Å². The molecule has 0 aliphatic carbocycles. The van der Waals surface area contributed by atoms with Crippen molar-refractivity contribution in [3.63, 3.8) is 0 Å². The van der Waals surface area contributed by atoms with E-state index in [2.05, 4.69) is 65.2 Å². The van der Waals surface area contributed by atoms with E-state index in [-0.39, 0.29) is 6.04 Å². The zero-order valence-corrected chi connectivity index (χ0v) is 15.7. The van der Waals surface area contributed by atoms with Crippen LogP contribution in [0.5, 0.6) is 0 Å². The first-order valence-corrected chi connectivity index (χ1v) is 8.98. The van der Waals surface area contributed by atoms with Crippen molar-refractivity contribution in [2.75, 3.05) is 7.05 Å². The molecule has 0 aromatic carbocycles. The summed E-state index contributed by atoms with van der Waals surface area (Å²) in [5, 5.41) is 3.32. The van der Waals surface area contributed by atoms with E-state index in [0.29, 0.717) is 0 Å². The van der Waals surface area contributed by atoms with Gasteiger partial charge in [-0.15, -0.1) is 22.7 Å². The highest BCUT2D eigenvalue weighted by Gasteiger charge is 2.19. The molecular formula is C10H7Br3ClNS2. The lowest BCUT2D eigenvalue weighted by molar-refractivity contribution is 0.716. The Morgan fingerprint density at radius 3 is 2.12 bits per heavy atom. The van der Waals surface area contributed by atoms with Crippen LogP contribution in [0.4, 0.5) is 0 Å². The van der Waals surface area contributed by atoms with Gasteiger partial charge < -0.3 is 5.32 Å². The number of thiophene rings is 2. The van der Waals surface area contributed by atoms with E-state index >= 15 is 0 Å². The zero-order valence-electron chi connectivity index (χ0n) is 8.56. The van der Waals surface area contributed by atoms with Crippen molar-refractivity contribution in [1.82, 2.24) is 5.32 Å². The van der Waals surface area contributed by atoms with E-state index in [9.17, 15) is 0 Å². The summed E-state index contributed by atoms with van der Waals surface area (Å²) < 4.78 is 3.93. The molecule has 0 aliphatic heterocycles. The molecule has 1 nitrogen and oxygen atoms in total. The Bertz CT molecular complexity index is 452. The minimum absolute atomic E-state index is 0.177. The lowest BCUT2D eigenvalue weighted by Crippen LogP contribution is -2.14. The van der Waals surface area contributed by atoms with Gasteiger partial charge in [0.25, 0.3) is 0 Å². The summed E-state index contributed by atoms with van der Waals surface area (Å²) in [6.45, 7) is 0. The van der Waals surface area contributed by atoms with Gasteiger partial charge in [0.05, 0.1) is 9.83 Å². The van der Waals surface area contributed by atoms with Gasteiger partial charge in [-0.1, -0.05) is 11.6 Å². The molecule has 0 spiro atoms. The molecule has 92 valence electrons. The summed E-state index contributed by atoms with van der Waals surface area (Å²) in [5.74, 6) is 0. The number of hydrogen-bond donors (Lipinski definition) is 1. The van der Waals surface area contributed by atoms with Gasteiger partial charge >= 0.3 is 0 Å². The summed E-state index contributed by atoms with van der Waals surface area (Å²) in [6.07, 6.45) is 0. The van der Waals surface area contributed by atoms with E-state index < -0.39 is 0 Å². The van der Waals surface area contributed by atoms with Crippen molar-refractivity contribution < 1.29 is 0 Å². The topological polar surface area (TPSA) is 12.0 Å². The van der Waals surface area contributed by atoms with Crippen LogP contribution < -0.4 is 5.32 Å². The molecule has 0 aliphatic rings. The smallest absolute Gasteiger partial charge is 0.107 e. The Hall–Kier alpha value is 1.09. The van der Waals surface area contributed by atoms with E-state index in [1.807, 2.05) is 7.05 Å².